The third kappa shape index (κ3) is 2.23. The van der Waals surface area contributed by atoms with Crippen LogP contribution in [0, 0.1) is 6.92 Å². The number of hydrogen-bond donors (Lipinski definition) is 1. The van der Waals surface area contributed by atoms with Gasteiger partial charge in [0.25, 0.3) is 5.56 Å². The van der Waals surface area contributed by atoms with Crippen LogP contribution < -0.4 is 5.56 Å². The molecule has 0 saturated heterocycles. The van der Waals surface area contributed by atoms with Crippen molar-refractivity contribution < 1.29 is 0 Å². The van der Waals surface area contributed by atoms with Gasteiger partial charge in [0, 0.05) is 26.1 Å². The number of rotatable bonds is 1. The summed E-state index contributed by atoms with van der Waals surface area (Å²) in [5.41, 5.74) is 1.31. The minimum Gasteiger partial charge on any atom is -0.291 e. The van der Waals surface area contributed by atoms with Gasteiger partial charge < -0.3 is 0 Å². The molecule has 1 aromatic carbocycles. The third-order valence-corrected chi connectivity index (χ3v) is 3.77. The minimum atomic E-state index is -0.194. The summed E-state index contributed by atoms with van der Waals surface area (Å²) in [4.78, 5) is 18.5. The zero-order valence-electron chi connectivity index (χ0n) is 9.82. The monoisotopic (exact) mass is 382 g/mol. The number of hydrogen-bond acceptors (Lipinski definition) is 3. The van der Waals surface area contributed by atoms with E-state index in [2.05, 4.69) is 46.9 Å². The summed E-state index contributed by atoms with van der Waals surface area (Å²) in [6.45, 7) is 1.77. The molecule has 0 bridgehead atoms. The molecule has 2 heterocycles. The van der Waals surface area contributed by atoms with Gasteiger partial charge in [0.2, 0.25) is 5.95 Å². The maximum absolute atomic E-state index is 11.5. The number of aromatic amines is 1. The van der Waals surface area contributed by atoms with E-state index in [9.17, 15) is 4.79 Å². The summed E-state index contributed by atoms with van der Waals surface area (Å²) in [5, 5.41) is 5.23. The average molecular weight is 384 g/mol. The van der Waals surface area contributed by atoms with Gasteiger partial charge in [0.05, 0.1) is 11.7 Å². The van der Waals surface area contributed by atoms with Crippen LogP contribution in [0.3, 0.4) is 0 Å². The van der Waals surface area contributed by atoms with Crippen LogP contribution >= 0.6 is 31.9 Å². The van der Waals surface area contributed by atoms with Gasteiger partial charge in [0.15, 0.2) is 0 Å². The molecular formula is C12H8Br2N4O. The molecule has 1 N–H and O–H groups in total. The van der Waals surface area contributed by atoms with Gasteiger partial charge in [-0.2, -0.15) is 9.78 Å². The van der Waals surface area contributed by atoms with Crippen molar-refractivity contribution in [1.82, 2.24) is 19.7 Å². The van der Waals surface area contributed by atoms with Gasteiger partial charge in [0.1, 0.15) is 0 Å². The van der Waals surface area contributed by atoms with E-state index < -0.39 is 0 Å². The Morgan fingerprint density at radius 3 is 2.79 bits per heavy atom. The summed E-state index contributed by atoms with van der Waals surface area (Å²) >= 11 is 6.93. The van der Waals surface area contributed by atoms with Crippen molar-refractivity contribution in [2.24, 2.45) is 0 Å². The van der Waals surface area contributed by atoms with E-state index in [1.54, 1.807) is 17.8 Å². The molecule has 96 valence electrons. The molecular weight excluding hydrogens is 376 g/mol. The molecule has 0 aliphatic heterocycles. The zero-order chi connectivity index (χ0) is 13.6. The summed E-state index contributed by atoms with van der Waals surface area (Å²) < 4.78 is 3.46. The Morgan fingerprint density at radius 1 is 1.26 bits per heavy atom. The predicted molar refractivity (Wildman–Crippen MR) is 79.6 cm³/mol. The molecule has 0 fully saturated rings. The number of benzene rings is 1. The fourth-order valence-corrected chi connectivity index (χ4v) is 3.19. The van der Waals surface area contributed by atoms with Crippen molar-refractivity contribution in [3.8, 4) is 5.95 Å². The highest BCUT2D eigenvalue weighted by Crippen LogP contribution is 2.28. The Hall–Kier alpha value is -1.47. The Labute approximate surface area is 124 Å². The lowest BCUT2D eigenvalue weighted by molar-refractivity contribution is 0.816. The van der Waals surface area contributed by atoms with Gasteiger partial charge >= 0.3 is 0 Å². The largest absolute Gasteiger partial charge is 0.291 e. The molecule has 0 radical (unpaired) electrons. The maximum Gasteiger partial charge on any atom is 0.252 e. The van der Waals surface area contributed by atoms with E-state index in [1.807, 2.05) is 12.1 Å². The topological polar surface area (TPSA) is 63.6 Å². The second kappa shape index (κ2) is 4.57. The number of nitrogens with one attached hydrogen (secondary N) is 1. The molecule has 3 rings (SSSR count). The molecule has 0 aliphatic carbocycles. The molecule has 0 spiro atoms. The zero-order valence-corrected chi connectivity index (χ0v) is 13.0. The van der Waals surface area contributed by atoms with Crippen LogP contribution in [0.2, 0.25) is 0 Å². The van der Waals surface area contributed by atoms with Crippen molar-refractivity contribution in [2.75, 3.05) is 0 Å². The minimum absolute atomic E-state index is 0.194. The average Bonchev–Trinajstić information content (AvgIpc) is 2.71. The van der Waals surface area contributed by atoms with Crippen molar-refractivity contribution in [1.29, 1.82) is 0 Å². The highest BCUT2D eigenvalue weighted by atomic mass is 79.9. The summed E-state index contributed by atoms with van der Waals surface area (Å²) in [6.07, 6.45) is 1.73. The normalized spacial score (nSPS) is 11.1. The summed E-state index contributed by atoms with van der Waals surface area (Å²) in [7, 11) is 0. The first-order valence-electron chi connectivity index (χ1n) is 5.46. The van der Waals surface area contributed by atoms with E-state index in [-0.39, 0.29) is 5.56 Å². The van der Waals surface area contributed by atoms with Crippen molar-refractivity contribution in [3.63, 3.8) is 0 Å². The molecule has 0 atom stereocenters. The molecule has 7 heteroatoms. The summed E-state index contributed by atoms with van der Waals surface area (Å²) in [6, 6.07) is 5.32. The fraction of sp³-hybridized carbons (Fsp3) is 0.0833. The van der Waals surface area contributed by atoms with E-state index >= 15 is 0 Å². The Kier molecular flexibility index (Phi) is 3.02. The lowest BCUT2D eigenvalue weighted by Gasteiger charge is -2.04. The lowest BCUT2D eigenvalue weighted by atomic mass is 10.2. The number of H-pyrrole nitrogens is 1. The first kappa shape index (κ1) is 12.6. The highest BCUT2D eigenvalue weighted by Gasteiger charge is 2.10. The van der Waals surface area contributed by atoms with E-state index in [1.165, 1.54) is 6.07 Å². The first-order valence-corrected chi connectivity index (χ1v) is 7.04. The second-order valence-electron chi connectivity index (χ2n) is 4.09. The fourth-order valence-electron chi connectivity index (χ4n) is 1.88. The van der Waals surface area contributed by atoms with Crippen LogP contribution in [0.25, 0.3) is 16.9 Å². The molecule has 2 aromatic heterocycles. The van der Waals surface area contributed by atoms with Gasteiger partial charge in [-0.15, -0.1) is 0 Å². The van der Waals surface area contributed by atoms with Crippen LogP contribution in [-0.4, -0.2) is 19.7 Å². The van der Waals surface area contributed by atoms with Crippen molar-refractivity contribution >= 4 is 42.8 Å². The Bertz CT molecular complexity index is 837. The highest BCUT2D eigenvalue weighted by molar-refractivity contribution is 9.11. The smallest absolute Gasteiger partial charge is 0.252 e. The quantitative estimate of drug-likeness (QED) is 0.702. The number of halogens is 2. The lowest BCUT2D eigenvalue weighted by Crippen LogP contribution is -2.13. The van der Waals surface area contributed by atoms with Crippen molar-refractivity contribution in [2.45, 2.75) is 6.92 Å². The van der Waals surface area contributed by atoms with Crippen LogP contribution in [0.1, 0.15) is 5.69 Å². The second-order valence-corrected chi connectivity index (χ2v) is 5.86. The Balaban J connectivity index is 2.34. The Morgan fingerprint density at radius 2 is 2.05 bits per heavy atom. The van der Waals surface area contributed by atoms with Crippen molar-refractivity contribution in [3.05, 3.63) is 49.4 Å². The van der Waals surface area contributed by atoms with Gasteiger partial charge in [-0.25, -0.2) is 4.98 Å². The first-order chi connectivity index (χ1) is 9.04. The van der Waals surface area contributed by atoms with Gasteiger partial charge in [-0.05, 0) is 35.0 Å². The SMILES string of the molecule is Cc1cc(=O)[nH]c(-n2ncc3c(Br)cc(Br)cc32)n1. The van der Waals surface area contributed by atoms with Gasteiger partial charge in [-0.3, -0.25) is 9.78 Å². The number of aromatic nitrogens is 4. The molecule has 0 saturated carbocycles. The van der Waals surface area contributed by atoms with Crippen LogP contribution in [-0.2, 0) is 0 Å². The third-order valence-electron chi connectivity index (χ3n) is 2.66. The summed E-state index contributed by atoms with van der Waals surface area (Å²) in [5.74, 6) is 0.407. The molecule has 0 aliphatic rings. The molecule has 3 aromatic rings. The van der Waals surface area contributed by atoms with Crippen LogP contribution in [0.5, 0.6) is 0 Å². The predicted octanol–water partition coefficient (Wildman–Crippen LogP) is 2.94. The maximum atomic E-state index is 11.5. The molecule has 19 heavy (non-hydrogen) atoms. The number of fused-ring (bicyclic) bond motifs is 1. The number of nitrogens with zero attached hydrogens (tertiary/aromatic N) is 3. The standard InChI is InChI=1S/C12H8Br2N4O/c1-6-2-11(19)17-12(16-6)18-10-4-7(13)3-9(14)8(10)5-15-18/h2-5H,1H3,(H,16,17,19). The van der Waals surface area contributed by atoms with E-state index in [0.29, 0.717) is 11.6 Å². The van der Waals surface area contributed by atoms with Gasteiger partial charge in [-0.1, -0.05) is 15.9 Å². The molecule has 5 nitrogen and oxygen atoms in total. The number of aryl methyl sites for hydroxylation is 1. The molecule has 0 amide bonds. The molecule has 0 unspecified atom stereocenters. The van der Waals surface area contributed by atoms with Crippen LogP contribution in [0.4, 0.5) is 0 Å². The van der Waals surface area contributed by atoms with Crippen LogP contribution in [0.15, 0.2) is 38.1 Å². The van der Waals surface area contributed by atoms with E-state index in [0.717, 1.165) is 19.8 Å². The van der Waals surface area contributed by atoms with E-state index in [4.69, 9.17) is 0 Å².